The summed E-state index contributed by atoms with van der Waals surface area (Å²) in [6.45, 7) is 2.29. The van der Waals surface area contributed by atoms with Gasteiger partial charge in [0.15, 0.2) is 0 Å². The molecule has 0 aliphatic rings. The fraction of sp³-hybridized carbons (Fsp3) is 0.231. The van der Waals surface area contributed by atoms with Crippen LogP contribution in [0.1, 0.15) is 18.9 Å². The Balaban J connectivity index is 2.80. The molecule has 0 atom stereocenters. The summed E-state index contributed by atoms with van der Waals surface area (Å²) >= 11 is 0. The molecule has 0 unspecified atom stereocenters. The molecule has 3 heteroatoms. The molecule has 0 aliphatic heterocycles. The van der Waals surface area contributed by atoms with Crippen LogP contribution in [0.3, 0.4) is 0 Å². The van der Waals surface area contributed by atoms with Crippen molar-refractivity contribution in [2.45, 2.75) is 13.3 Å². The minimum atomic E-state index is -0.470. The lowest BCUT2D eigenvalue weighted by Crippen LogP contribution is -2.02. The van der Waals surface area contributed by atoms with Crippen molar-refractivity contribution in [1.82, 2.24) is 0 Å². The lowest BCUT2D eigenvalue weighted by atomic mass is 10.1. The number of hydrogen-bond acceptors (Lipinski definition) is 3. The van der Waals surface area contributed by atoms with E-state index in [0.717, 1.165) is 12.0 Å². The van der Waals surface area contributed by atoms with Crippen LogP contribution in [0.5, 0.6) is 0 Å². The number of rotatable bonds is 4. The first-order chi connectivity index (χ1) is 7.77. The maximum Gasteiger partial charge on any atom is 0.332 e. The van der Waals surface area contributed by atoms with Gasteiger partial charge >= 0.3 is 5.97 Å². The zero-order valence-electron chi connectivity index (χ0n) is 9.14. The van der Waals surface area contributed by atoms with Crippen molar-refractivity contribution >= 4 is 11.5 Å². The molecule has 1 rings (SSSR count). The molecular formula is C13H13NO2. The second-order valence-electron chi connectivity index (χ2n) is 3.20. The van der Waals surface area contributed by atoms with Crippen molar-refractivity contribution in [3.63, 3.8) is 0 Å². The number of nitriles is 1. The van der Waals surface area contributed by atoms with Crippen LogP contribution in [0.25, 0.3) is 5.57 Å². The van der Waals surface area contributed by atoms with Crippen molar-refractivity contribution < 1.29 is 9.53 Å². The van der Waals surface area contributed by atoms with E-state index in [2.05, 4.69) is 0 Å². The first-order valence-electron chi connectivity index (χ1n) is 5.12. The Hall–Kier alpha value is -2.08. The van der Waals surface area contributed by atoms with Crippen molar-refractivity contribution in [2.24, 2.45) is 0 Å². The smallest absolute Gasteiger partial charge is 0.332 e. The highest BCUT2D eigenvalue weighted by Crippen LogP contribution is 2.12. The lowest BCUT2D eigenvalue weighted by Gasteiger charge is -2.00. The zero-order chi connectivity index (χ0) is 11.8. The van der Waals surface area contributed by atoms with Crippen LogP contribution in [-0.2, 0) is 9.53 Å². The van der Waals surface area contributed by atoms with Gasteiger partial charge in [0.1, 0.15) is 6.07 Å². The van der Waals surface area contributed by atoms with E-state index in [1.54, 1.807) is 12.1 Å². The molecule has 1 aromatic carbocycles. The van der Waals surface area contributed by atoms with Crippen LogP contribution < -0.4 is 0 Å². The van der Waals surface area contributed by atoms with Crippen LogP contribution >= 0.6 is 0 Å². The predicted octanol–water partition coefficient (Wildman–Crippen LogP) is 2.55. The third-order valence-electron chi connectivity index (χ3n) is 1.92. The molecule has 3 nitrogen and oxygen atoms in total. The van der Waals surface area contributed by atoms with Crippen molar-refractivity contribution in [1.29, 1.82) is 5.26 Å². The average Bonchev–Trinajstić information content (AvgIpc) is 2.34. The molecule has 0 radical (unpaired) electrons. The van der Waals surface area contributed by atoms with Gasteiger partial charge in [-0.05, 0) is 12.0 Å². The van der Waals surface area contributed by atoms with E-state index in [0.29, 0.717) is 12.2 Å². The SMILES string of the molecule is CCCOC(=O)C=C(C#N)c1ccccc1. The molecule has 0 aliphatic carbocycles. The second kappa shape index (κ2) is 6.41. The molecule has 82 valence electrons. The van der Waals surface area contributed by atoms with Crippen LogP contribution in [0.2, 0.25) is 0 Å². The Morgan fingerprint density at radius 1 is 1.44 bits per heavy atom. The standard InChI is InChI=1S/C13H13NO2/c1-2-8-16-13(15)9-12(10-14)11-6-4-3-5-7-11/h3-7,9H,2,8H2,1H3. The predicted molar refractivity (Wildman–Crippen MR) is 61.3 cm³/mol. The van der Waals surface area contributed by atoms with Crippen molar-refractivity contribution in [3.05, 3.63) is 42.0 Å². The number of allylic oxidation sites excluding steroid dienone is 1. The van der Waals surface area contributed by atoms with Crippen molar-refractivity contribution in [2.75, 3.05) is 6.61 Å². The minimum absolute atomic E-state index is 0.321. The Morgan fingerprint density at radius 2 is 2.12 bits per heavy atom. The van der Waals surface area contributed by atoms with Gasteiger partial charge in [-0.2, -0.15) is 5.26 Å². The zero-order valence-corrected chi connectivity index (χ0v) is 9.14. The maximum absolute atomic E-state index is 11.3. The number of esters is 1. The summed E-state index contributed by atoms with van der Waals surface area (Å²) in [5.41, 5.74) is 1.04. The Bertz CT molecular complexity index is 415. The number of hydrogen-bond donors (Lipinski definition) is 0. The molecule has 0 bridgehead atoms. The van der Waals surface area contributed by atoms with Gasteiger partial charge in [-0.25, -0.2) is 4.79 Å². The third kappa shape index (κ3) is 3.58. The molecule has 0 saturated heterocycles. The third-order valence-corrected chi connectivity index (χ3v) is 1.92. The van der Waals surface area contributed by atoms with E-state index < -0.39 is 5.97 Å². The molecule has 0 aromatic heterocycles. The minimum Gasteiger partial charge on any atom is -0.463 e. The van der Waals surface area contributed by atoms with Crippen LogP contribution in [-0.4, -0.2) is 12.6 Å². The molecule has 0 heterocycles. The fourth-order valence-electron chi connectivity index (χ4n) is 1.16. The summed E-state index contributed by atoms with van der Waals surface area (Å²) in [5, 5.41) is 8.93. The Labute approximate surface area is 95.0 Å². The summed E-state index contributed by atoms with van der Waals surface area (Å²) in [6, 6.07) is 11.0. The van der Waals surface area contributed by atoms with E-state index in [-0.39, 0.29) is 0 Å². The lowest BCUT2D eigenvalue weighted by molar-refractivity contribution is -0.137. The van der Waals surface area contributed by atoms with Crippen LogP contribution in [0.15, 0.2) is 36.4 Å². The molecular weight excluding hydrogens is 202 g/mol. The molecule has 16 heavy (non-hydrogen) atoms. The summed E-state index contributed by atoms with van der Waals surface area (Å²) in [5.74, 6) is -0.470. The van der Waals surface area contributed by atoms with Gasteiger partial charge in [0.2, 0.25) is 0 Å². The quantitative estimate of drug-likeness (QED) is 0.440. The highest BCUT2D eigenvalue weighted by atomic mass is 16.5. The summed E-state index contributed by atoms with van der Waals surface area (Å²) in [7, 11) is 0. The second-order valence-corrected chi connectivity index (χ2v) is 3.20. The van der Waals surface area contributed by atoms with Gasteiger partial charge in [0.25, 0.3) is 0 Å². The van der Waals surface area contributed by atoms with E-state index in [1.807, 2.05) is 31.2 Å². The number of benzene rings is 1. The number of carbonyl (C=O) groups is 1. The van der Waals surface area contributed by atoms with E-state index in [9.17, 15) is 4.79 Å². The van der Waals surface area contributed by atoms with Crippen LogP contribution in [0, 0.1) is 11.3 Å². The number of ether oxygens (including phenoxy) is 1. The molecule has 0 spiro atoms. The van der Waals surface area contributed by atoms with Gasteiger partial charge in [-0.3, -0.25) is 0 Å². The molecule has 0 amide bonds. The first-order valence-corrected chi connectivity index (χ1v) is 5.12. The van der Waals surface area contributed by atoms with Gasteiger partial charge in [0.05, 0.1) is 12.2 Å². The fourth-order valence-corrected chi connectivity index (χ4v) is 1.16. The topological polar surface area (TPSA) is 50.1 Å². The molecule has 1 aromatic rings. The largest absolute Gasteiger partial charge is 0.463 e. The number of nitrogens with zero attached hydrogens (tertiary/aromatic N) is 1. The van der Waals surface area contributed by atoms with Gasteiger partial charge in [0, 0.05) is 6.08 Å². The summed E-state index contributed by atoms with van der Waals surface area (Å²) in [4.78, 5) is 11.3. The monoisotopic (exact) mass is 215 g/mol. The highest BCUT2D eigenvalue weighted by Gasteiger charge is 2.04. The van der Waals surface area contributed by atoms with Gasteiger partial charge in [-0.15, -0.1) is 0 Å². The van der Waals surface area contributed by atoms with Gasteiger partial charge in [-0.1, -0.05) is 37.3 Å². The summed E-state index contributed by atoms with van der Waals surface area (Å²) < 4.78 is 4.88. The van der Waals surface area contributed by atoms with E-state index in [4.69, 9.17) is 10.00 Å². The number of carbonyl (C=O) groups excluding carboxylic acids is 1. The normalized spacial score (nSPS) is 10.6. The first kappa shape index (κ1) is 12.0. The Morgan fingerprint density at radius 3 is 2.69 bits per heavy atom. The van der Waals surface area contributed by atoms with Crippen LogP contribution in [0.4, 0.5) is 0 Å². The van der Waals surface area contributed by atoms with E-state index in [1.165, 1.54) is 6.08 Å². The molecule has 0 saturated carbocycles. The van der Waals surface area contributed by atoms with E-state index >= 15 is 0 Å². The summed E-state index contributed by atoms with van der Waals surface area (Å²) in [6.07, 6.45) is 2.00. The highest BCUT2D eigenvalue weighted by molar-refractivity contribution is 5.95. The van der Waals surface area contributed by atoms with Crippen molar-refractivity contribution in [3.8, 4) is 6.07 Å². The Kier molecular flexibility index (Phi) is 4.81. The molecule has 0 fully saturated rings. The maximum atomic E-state index is 11.3. The van der Waals surface area contributed by atoms with Gasteiger partial charge < -0.3 is 4.74 Å². The molecule has 0 N–H and O–H groups in total. The average molecular weight is 215 g/mol.